The largest absolute Gasteiger partial charge is 0.383 e. The molecule has 4 heteroatoms. The molecular formula is C13H16BrN3. The van der Waals surface area contributed by atoms with Crippen LogP contribution in [0.15, 0.2) is 35.1 Å². The maximum Gasteiger partial charge on any atom is 0.105 e. The maximum absolute atomic E-state index is 4.20. The molecule has 0 aliphatic carbocycles. The smallest absolute Gasteiger partial charge is 0.105 e. The van der Waals surface area contributed by atoms with Crippen molar-refractivity contribution in [3.05, 3.63) is 46.5 Å². The van der Waals surface area contributed by atoms with Crippen LogP contribution < -0.4 is 5.32 Å². The van der Waals surface area contributed by atoms with Gasteiger partial charge in [0.25, 0.3) is 0 Å². The topological polar surface area (TPSA) is 29.9 Å². The second-order valence-electron chi connectivity index (χ2n) is 4.01. The highest BCUT2D eigenvalue weighted by molar-refractivity contribution is 9.10. The summed E-state index contributed by atoms with van der Waals surface area (Å²) in [6.07, 6.45) is 3.84. The SMILES string of the molecule is Cc1c(Br)cccc1NCCn1ccnc1C. The van der Waals surface area contributed by atoms with Crippen LogP contribution in [-0.4, -0.2) is 16.1 Å². The van der Waals surface area contributed by atoms with Crippen molar-refractivity contribution in [1.29, 1.82) is 0 Å². The van der Waals surface area contributed by atoms with E-state index in [2.05, 4.69) is 49.9 Å². The standard InChI is InChI=1S/C13H16BrN3/c1-10-12(14)4-3-5-13(10)16-7-9-17-8-6-15-11(17)2/h3-6,8,16H,7,9H2,1-2H3. The van der Waals surface area contributed by atoms with E-state index in [1.54, 1.807) is 0 Å². The van der Waals surface area contributed by atoms with Gasteiger partial charge in [0, 0.05) is 35.6 Å². The van der Waals surface area contributed by atoms with E-state index in [1.807, 2.05) is 25.4 Å². The van der Waals surface area contributed by atoms with Gasteiger partial charge in [-0.05, 0) is 31.5 Å². The average Bonchev–Trinajstić information content (AvgIpc) is 2.71. The van der Waals surface area contributed by atoms with E-state index >= 15 is 0 Å². The Bertz CT molecular complexity index is 505. The lowest BCUT2D eigenvalue weighted by molar-refractivity contribution is 0.701. The highest BCUT2D eigenvalue weighted by atomic mass is 79.9. The first kappa shape index (κ1) is 12.2. The van der Waals surface area contributed by atoms with Crippen LogP contribution in [0.2, 0.25) is 0 Å². The number of aryl methyl sites for hydroxylation is 1. The van der Waals surface area contributed by atoms with Gasteiger partial charge in [0.15, 0.2) is 0 Å². The third-order valence-corrected chi connectivity index (χ3v) is 3.72. The number of nitrogens with zero attached hydrogens (tertiary/aromatic N) is 2. The minimum Gasteiger partial charge on any atom is -0.383 e. The highest BCUT2D eigenvalue weighted by Crippen LogP contribution is 2.23. The van der Waals surface area contributed by atoms with Crippen molar-refractivity contribution in [2.24, 2.45) is 0 Å². The van der Waals surface area contributed by atoms with Gasteiger partial charge in [-0.1, -0.05) is 22.0 Å². The average molecular weight is 294 g/mol. The van der Waals surface area contributed by atoms with E-state index in [4.69, 9.17) is 0 Å². The number of hydrogen-bond donors (Lipinski definition) is 1. The summed E-state index contributed by atoms with van der Waals surface area (Å²) < 4.78 is 3.28. The van der Waals surface area contributed by atoms with Gasteiger partial charge in [0.1, 0.15) is 5.82 Å². The molecule has 1 N–H and O–H groups in total. The van der Waals surface area contributed by atoms with Crippen LogP contribution >= 0.6 is 15.9 Å². The van der Waals surface area contributed by atoms with Gasteiger partial charge in [-0.3, -0.25) is 0 Å². The van der Waals surface area contributed by atoms with Crippen LogP contribution in [0.1, 0.15) is 11.4 Å². The molecule has 0 unspecified atom stereocenters. The molecule has 0 aliphatic heterocycles. The molecule has 0 spiro atoms. The summed E-state index contributed by atoms with van der Waals surface area (Å²) in [6, 6.07) is 6.20. The van der Waals surface area contributed by atoms with Crippen molar-refractivity contribution in [1.82, 2.24) is 9.55 Å². The molecule has 90 valence electrons. The lowest BCUT2D eigenvalue weighted by atomic mass is 10.2. The fourth-order valence-corrected chi connectivity index (χ4v) is 2.12. The Morgan fingerprint density at radius 3 is 2.88 bits per heavy atom. The molecule has 17 heavy (non-hydrogen) atoms. The Balaban J connectivity index is 1.95. The lowest BCUT2D eigenvalue weighted by Gasteiger charge is -2.11. The number of benzene rings is 1. The van der Waals surface area contributed by atoms with Crippen molar-refractivity contribution in [2.45, 2.75) is 20.4 Å². The Labute approximate surface area is 110 Å². The second kappa shape index (κ2) is 5.36. The first-order chi connectivity index (χ1) is 8.18. The molecule has 0 aliphatic rings. The molecule has 1 aromatic heterocycles. The summed E-state index contributed by atoms with van der Waals surface area (Å²) >= 11 is 3.53. The van der Waals surface area contributed by atoms with Crippen molar-refractivity contribution in [3.8, 4) is 0 Å². The lowest BCUT2D eigenvalue weighted by Crippen LogP contribution is -2.11. The zero-order valence-corrected chi connectivity index (χ0v) is 11.7. The minimum absolute atomic E-state index is 0.897. The van der Waals surface area contributed by atoms with E-state index in [0.717, 1.165) is 23.4 Å². The molecular weight excluding hydrogens is 278 g/mol. The van der Waals surface area contributed by atoms with E-state index in [1.165, 1.54) is 11.3 Å². The van der Waals surface area contributed by atoms with E-state index in [0.29, 0.717) is 0 Å². The molecule has 0 amide bonds. The van der Waals surface area contributed by atoms with Crippen LogP contribution in [0, 0.1) is 13.8 Å². The summed E-state index contributed by atoms with van der Waals surface area (Å²) in [5, 5.41) is 3.44. The second-order valence-corrected chi connectivity index (χ2v) is 4.86. The van der Waals surface area contributed by atoms with Crippen LogP contribution in [0.4, 0.5) is 5.69 Å². The molecule has 1 aromatic carbocycles. The quantitative estimate of drug-likeness (QED) is 0.937. The number of imidazole rings is 1. The van der Waals surface area contributed by atoms with E-state index in [-0.39, 0.29) is 0 Å². The van der Waals surface area contributed by atoms with Crippen LogP contribution in [0.5, 0.6) is 0 Å². The Morgan fingerprint density at radius 1 is 1.35 bits per heavy atom. The molecule has 0 saturated heterocycles. The predicted octanol–water partition coefficient (Wildman–Crippen LogP) is 3.37. The van der Waals surface area contributed by atoms with Crippen LogP contribution in [0.3, 0.4) is 0 Å². The number of nitrogens with one attached hydrogen (secondary N) is 1. The summed E-state index contributed by atoms with van der Waals surface area (Å²) in [7, 11) is 0. The van der Waals surface area contributed by atoms with Gasteiger partial charge in [-0.25, -0.2) is 4.98 Å². The summed E-state index contributed by atoms with van der Waals surface area (Å²) in [5.74, 6) is 1.05. The molecule has 3 nitrogen and oxygen atoms in total. The summed E-state index contributed by atoms with van der Waals surface area (Å²) in [6.45, 7) is 5.95. The molecule has 0 radical (unpaired) electrons. The molecule has 2 rings (SSSR count). The van der Waals surface area contributed by atoms with Gasteiger partial charge >= 0.3 is 0 Å². The van der Waals surface area contributed by atoms with Gasteiger partial charge in [0.2, 0.25) is 0 Å². The third kappa shape index (κ3) is 2.88. The van der Waals surface area contributed by atoms with Crippen molar-refractivity contribution >= 4 is 21.6 Å². The highest BCUT2D eigenvalue weighted by Gasteiger charge is 2.01. The third-order valence-electron chi connectivity index (χ3n) is 2.86. The molecule has 0 bridgehead atoms. The number of halogens is 1. The first-order valence-electron chi connectivity index (χ1n) is 5.65. The molecule has 0 atom stereocenters. The summed E-state index contributed by atoms with van der Waals surface area (Å²) in [4.78, 5) is 4.20. The van der Waals surface area contributed by atoms with Gasteiger partial charge < -0.3 is 9.88 Å². The number of hydrogen-bond acceptors (Lipinski definition) is 2. The maximum atomic E-state index is 4.20. The fraction of sp³-hybridized carbons (Fsp3) is 0.308. The van der Waals surface area contributed by atoms with Gasteiger partial charge in [-0.15, -0.1) is 0 Å². The first-order valence-corrected chi connectivity index (χ1v) is 6.44. The molecule has 0 fully saturated rings. The van der Waals surface area contributed by atoms with Crippen LogP contribution in [0.25, 0.3) is 0 Å². The van der Waals surface area contributed by atoms with E-state index in [9.17, 15) is 0 Å². The van der Waals surface area contributed by atoms with Gasteiger partial charge in [-0.2, -0.15) is 0 Å². The van der Waals surface area contributed by atoms with Gasteiger partial charge in [0.05, 0.1) is 0 Å². The molecule has 2 aromatic rings. The van der Waals surface area contributed by atoms with Crippen molar-refractivity contribution in [3.63, 3.8) is 0 Å². The Morgan fingerprint density at radius 2 is 2.18 bits per heavy atom. The van der Waals surface area contributed by atoms with Crippen molar-refractivity contribution in [2.75, 3.05) is 11.9 Å². The van der Waals surface area contributed by atoms with E-state index < -0.39 is 0 Å². The molecule has 1 heterocycles. The van der Waals surface area contributed by atoms with Crippen LogP contribution in [-0.2, 0) is 6.54 Å². The molecule has 0 saturated carbocycles. The number of anilines is 1. The summed E-state index contributed by atoms with van der Waals surface area (Å²) in [5.41, 5.74) is 2.42. The number of aromatic nitrogens is 2. The monoisotopic (exact) mass is 293 g/mol. The Hall–Kier alpha value is -1.29. The predicted molar refractivity (Wildman–Crippen MR) is 74.3 cm³/mol. The minimum atomic E-state index is 0.897. The van der Waals surface area contributed by atoms with Crippen molar-refractivity contribution < 1.29 is 0 Å². The fourth-order valence-electron chi connectivity index (χ4n) is 1.75. The zero-order valence-electron chi connectivity index (χ0n) is 10.1. The number of rotatable bonds is 4. The normalized spacial score (nSPS) is 10.5. The zero-order chi connectivity index (χ0) is 12.3. The Kier molecular flexibility index (Phi) is 3.84.